The number of urea groups is 1. The van der Waals surface area contributed by atoms with Crippen LogP contribution in [0.2, 0.25) is 0 Å². The summed E-state index contributed by atoms with van der Waals surface area (Å²) in [5.41, 5.74) is 2.88. The average molecular weight is 419 g/mol. The van der Waals surface area contributed by atoms with E-state index in [1.165, 1.54) is 12.8 Å². The smallest absolute Gasteiger partial charge is 0.323 e. The summed E-state index contributed by atoms with van der Waals surface area (Å²) in [6, 6.07) is 16.3. The molecule has 0 unspecified atom stereocenters. The Labute approximate surface area is 181 Å². The number of aromatic nitrogens is 2. The van der Waals surface area contributed by atoms with Crippen LogP contribution in [0, 0.1) is 0 Å². The SMILES string of the molecule is COc1ccc(NC(=O)Nc2cccc(-c3ccc(N4CCCC4)nn3)c2)cc1OC. The Morgan fingerprint density at radius 1 is 0.871 bits per heavy atom. The maximum atomic E-state index is 12.4. The number of methoxy groups -OCH3 is 2. The minimum atomic E-state index is -0.361. The normalized spacial score (nSPS) is 13.0. The van der Waals surface area contributed by atoms with E-state index in [4.69, 9.17) is 9.47 Å². The van der Waals surface area contributed by atoms with E-state index >= 15 is 0 Å². The molecule has 1 saturated heterocycles. The number of carbonyl (C=O) groups is 1. The summed E-state index contributed by atoms with van der Waals surface area (Å²) < 4.78 is 10.5. The van der Waals surface area contributed by atoms with Gasteiger partial charge in [-0.1, -0.05) is 12.1 Å². The van der Waals surface area contributed by atoms with Crippen LogP contribution in [-0.2, 0) is 0 Å². The lowest BCUT2D eigenvalue weighted by atomic mass is 10.1. The Morgan fingerprint density at radius 3 is 2.29 bits per heavy atom. The second kappa shape index (κ2) is 9.34. The Hall–Kier alpha value is -3.81. The minimum absolute atomic E-state index is 0.361. The van der Waals surface area contributed by atoms with Crippen LogP contribution in [0.15, 0.2) is 54.6 Å². The van der Waals surface area contributed by atoms with Crippen molar-refractivity contribution in [1.29, 1.82) is 0 Å². The van der Waals surface area contributed by atoms with Crippen LogP contribution in [0.25, 0.3) is 11.3 Å². The van der Waals surface area contributed by atoms with Crippen molar-refractivity contribution < 1.29 is 14.3 Å². The molecule has 31 heavy (non-hydrogen) atoms. The van der Waals surface area contributed by atoms with Gasteiger partial charge in [0, 0.05) is 36.1 Å². The number of rotatable bonds is 6. The summed E-state index contributed by atoms with van der Waals surface area (Å²) in [6.45, 7) is 2.06. The van der Waals surface area contributed by atoms with Gasteiger partial charge in [0.2, 0.25) is 0 Å². The van der Waals surface area contributed by atoms with Crippen LogP contribution in [0.4, 0.5) is 22.0 Å². The fourth-order valence-electron chi connectivity index (χ4n) is 3.56. The number of hydrogen-bond acceptors (Lipinski definition) is 6. The van der Waals surface area contributed by atoms with Crippen molar-refractivity contribution in [2.24, 2.45) is 0 Å². The molecular formula is C23H25N5O3. The number of nitrogens with one attached hydrogen (secondary N) is 2. The molecule has 0 spiro atoms. The predicted octanol–water partition coefficient (Wildman–Crippen LogP) is 4.41. The molecule has 1 aromatic heterocycles. The molecule has 0 bridgehead atoms. The lowest BCUT2D eigenvalue weighted by Crippen LogP contribution is -2.19. The molecule has 0 saturated carbocycles. The van der Waals surface area contributed by atoms with Gasteiger partial charge in [0.15, 0.2) is 17.3 Å². The van der Waals surface area contributed by atoms with Gasteiger partial charge in [0.1, 0.15) is 0 Å². The van der Waals surface area contributed by atoms with Crippen molar-refractivity contribution in [2.45, 2.75) is 12.8 Å². The quantitative estimate of drug-likeness (QED) is 0.615. The number of carbonyl (C=O) groups excluding carboxylic acids is 1. The fourth-order valence-corrected chi connectivity index (χ4v) is 3.56. The number of amides is 2. The van der Waals surface area contributed by atoms with Crippen LogP contribution in [0.1, 0.15) is 12.8 Å². The number of benzene rings is 2. The first-order valence-electron chi connectivity index (χ1n) is 10.2. The molecule has 1 aliphatic heterocycles. The van der Waals surface area contributed by atoms with Gasteiger partial charge in [-0.3, -0.25) is 0 Å². The highest BCUT2D eigenvalue weighted by Crippen LogP contribution is 2.30. The van der Waals surface area contributed by atoms with Crippen molar-refractivity contribution in [2.75, 3.05) is 42.8 Å². The van der Waals surface area contributed by atoms with E-state index in [0.717, 1.165) is 30.2 Å². The maximum absolute atomic E-state index is 12.4. The van der Waals surface area contributed by atoms with Gasteiger partial charge in [0.25, 0.3) is 0 Å². The molecule has 2 amide bonds. The summed E-state index contributed by atoms with van der Waals surface area (Å²) in [5.74, 6) is 2.04. The Kier molecular flexibility index (Phi) is 6.16. The zero-order valence-corrected chi connectivity index (χ0v) is 17.6. The summed E-state index contributed by atoms with van der Waals surface area (Å²) in [6.07, 6.45) is 2.39. The summed E-state index contributed by atoms with van der Waals surface area (Å²) >= 11 is 0. The first-order chi connectivity index (χ1) is 15.2. The van der Waals surface area contributed by atoms with E-state index in [2.05, 4.69) is 25.7 Å². The van der Waals surface area contributed by atoms with Crippen LogP contribution in [0.5, 0.6) is 11.5 Å². The van der Waals surface area contributed by atoms with Crippen molar-refractivity contribution in [3.63, 3.8) is 0 Å². The van der Waals surface area contributed by atoms with E-state index < -0.39 is 0 Å². The molecule has 160 valence electrons. The molecule has 0 radical (unpaired) electrons. The van der Waals surface area contributed by atoms with E-state index in [0.29, 0.717) is 22.9 Å². The number of anilines is 3. The van der Waals surface area contributed by atoms with E-state index in [1.807, 2.05) is 36.4 Å². The van der Waals surface area contributed by atoms with Crippen molar-refractivity contribution in [3.8, 4) is 22.8 Å². The number of ether oxygens (including phenoxy) is 2. The van der Waals surface area contributed by atoms with Crippen LogP contribution >= 0.6 is 0 Å². The van der Waals surface area contributed by atoms with Crippen LogP contribution < -0.4 is 25.0 Å². The van der Waals surface area contributed by atoms with Gasteiger partial charge >= 0.3 is 6.03 Å². The molecular weight excluding hydrogens is 394 g/mol. The first kappa shape index (κ1) is 20.5. The highest BCUT2D eigenvalue weighted by Gasteiger charge is 2.14. The second-order valence-electron chi connectivity index (χ2n) is 7.20. The maximum Gasteiger partial charge on any atom is 0.323 e. The number of hydrogen-bond donors (Lipinski definition) is 2. The largest absolute Gasteiger partial charge is 0.493 e. The van der Waals surface area contributed by atoms with Gasteiger partial charge in [-0.05, 0) is 49.2 Å². The third kappa shape index (κ3) is 4.85. The second-order valence-corrected chi connectivity index (χ2v) is 7.20. The van der Waals surface area contributed by atoms with Gasteiger partial charge in [0.05, 0.1) is 19.9 Å². The third-order valence-electron chi connectivity index (χ3n) is 5.14. The van der Waals surface area contributed by atoms with Crippen molar-refractivity contribution >= 4 is 23.2 Å². The summed E-state index contributed by atoms with van der Waals surface area (Å²) in [4.78, 5) is 14.7. The van der Waals surface area contributed by atoms with Gasteiger partial charge in [-0.2, -0.15) is 0 Å². The zero-order chi connectivity index (χ0) is 21.6. The molecule has 0 atom stereocenters. The standard InChI is InChI=1S/C23H25N5O3/c1-30-20-10-8-18(15-21(20)31-2)25-23(29)24-17-7-5-6-16(14-17)19-9-11-22(27-26-19)28-12-3-4-13-28/h5-11,14-15H,3-4,12-13H2,1-2H3,(H2,24,25,29). The Morgan fingerprint density at radius 2 is 1.61 bits per heavy atom. The van der Waals surface area contributed by atoms with E-state index in [9.17, 15) is 4.79 Å². The topological polar surface area (TPSA) is 88.6 Å². The monoisotopic (exact) mass is 419 g/mol. The van der Waals surface area contributed by atoms with Crippen LogP contribution in [-0.4, -0.2) is 43.5 Å². The molecule has 1 fully saturated rings. The minimum Gasteiger partial charge on any atom is -0.493 e. The molecule has 1 aliphatic rings. The van der Waals surface area contributed by atoms with Gasteiger partial charge in [-0.25, -0.2) is 4.79 Å². The summed E-state index contributed by atoms with van der Waals surface area (Å²) in [7, 11) is 3.11. The van der Waals surface area contributed by atoms with Gasteiger partial charge < -0.3 is 25.0 Å². The Balaban J connectivity index is 1.43. The zero-order valence-electron chi connectivity index (χ0n) is 17.6. The fraction of sp³-hybridized carbons (Fsp3) is 0.261. The average Bonchev–Trinajstić information content (AvgIpc) is 3.34. The molecule has 4 rings (SSSR count). The van der Waals surface area contributed by atoms with E-state index in [1.54, 1.807) is 32.4 Å². The van der Waals surface area contributed by atoms with Gasteiger partial charge in [-0.15, -0.1) is 10.2 Å². The molecule has 0 aliphatic carbocycles. The lowest BCUT2D eigenvalue weighted by Gasteiger charge is -2.15. The molecule has 8 heteroatoms. The highest BCUT2D eigenvalue weighted by molar-refractivity contribution is 6.00. The molecule has 8 nitrogen and oxygen atoms in total. The highest BCUT2D eigenvalue weighted by atomic mass is 16.5. The van der Waals surface area contributed by atoms with E-state index in [-0.39, 0.29) is 6.03 Å². The molecule has 2 N–H and O–H groups in total. The molecule has 2 heterocycles. The molecule has 2 aromatic carbocycles. The van der Waals surface area contributed by atoms with Crippen molar-refractivity contribution in [1.82, 2.24) is 10.2 Å². The van der Waals surface area contributed by atoms with Crippen molar-refractivity contribution in [3.05, 3.63) is 54.6 Å². The third-order valence-corrected chi connectivity index (χ3v) is 5.14. The van der Waals surface area contributed by atoms with Crippen LogP contribution in [0.3, 0.4) is 0 Å². The summed E-state index contributed by atoms with van der Waals surface area (Å²) in [5, 5.41) is 14.4. The lowest BCUT2D eigenvalue weighted by molar-refractivity contribution is 0.262. The predicted molar refractivity (Wildman–Crippen MR) is 121 cm³/mol. The Bertz CT molecular complexity index is 1050. The first-order valence-corrected chi connectivity index (χ1v) is 10.2. The molecule has 3 aromatic rings. The number of nitrogens with zero attached hydrogens (tertiary/aromatic N) is 3.